The second-order valence-electron chi connectivity index (χ2n) is 8.02. The van der Waals surface area contributed by atoms with E-state index in [4.69, 9.17) is 0 Å². The second-order valence-corrected chi connectivity index (χ2v) is 13.5. The van der Waals surface area contributed by atoms with Gasteiger partial charge in [0.15, 0.2) is 5.13 Å². The molecule has 0 spiro atoms. The molecule has 0 radical (unpaired) electrons. The van der Waals surface area contributed by atoms with Crippen LogP contribution in [0, 0.1) is 5.92 Å². The zero-order chi connectivity index (χ0) is 25.1. The molecule has 9 nitrogen and oxygen atoms in total. The van der Waals surface area contributed by atoms with Gasteiger partial charge < -0.3 is 5.32 Å². The molecule has 0 unspecified atom stereocenters. The topological polar surface area (TPSA) is 126 Å². The Labute approximate surface area is 216 Å². The molecule has 186 valence electrons. The summed E-state index contributed by atoms with van der Waals surface area (Å²) in [6.07, 6.45) is 2.32. The van der Waals surface area contributed by atoms with Crippen LogP contribution in [0.4, 0.5) is 10.8 Å². The lowest BCUT2D eigenvalue weighted by atomic mass is 9.97. The number of thiazole rings is 1. The van der Waals surface area contributed by atoms with Crippen molar-refractivity contribution in [3.05, 3.63) is 70.1 Å². The molecule has 1 saturated heterocycles. The molecule has 1 aliphatic rings. The lowest BCUT2D eigenvalue weighted by Gasteiger charge is -2.30. The van der Waals surface area contributed by atoms with Gasteiger partial charge in [-0.15, -0.1) is 11.3 Å². The number of halogens is 1. The average molecular weight is 600 g/mol. The Balaban J connectivity index is 1.31. The fourth-order valence-corrected chi connectivity index (χ4v) is 7.52. The van der Waals surface area contributed by atoms with Crippen molar-refractivity contribution >= 4 is 64.0 Å². The molecule has 2 N–H and O–H groups in total. The molecule has 1 aliphatic heterocycles. The number of amides is 1. The van der Waals surface area contributed by atoms with Crippen molar-refractivity contribution in [3.63, 3.8) is 0 Å². The summed E-state index contributed by atoms with van der Waals surface area (Å²) in [4.78, 5) is 16.7. The highest BCUT2D eigenvalue weighted by Gasteiger charge is 2.31. The van der Waals surface area contributed by atoms with Crippen LogP contribution in [0.3, 0.4) is 0 Å². The lowest BCUT2D eigenvalue weighted by molar-refractivity contribution is -0.120. The zero-order valence-electron chi connectivity index (χ0n) is 18.4. The molecular formula is C22H23BrN4O5S3. The Hall–Kier alpha value is -2.32. The van der Waals surface area contributed by atoms with Crippen LogP contribution >= 0.6 is 27.3 Å². The Morgan fingerprint density at radius 1 is 1.09 bits per heavy atom. The summed E-state index contributed by atoms with van der Waals surface area (Å²) < 4.78 is 55.1. The fourth-order valence-electron chi connectivity index (χ4n) is 3.73. The first-order chi connectivity index (χ1) is 16.6. The van der Waals surface area contributed by atoms with Gasteiger partial charge in [-0.2, -0.15) is 0 Å². The van der Waals surface area contributed by atoms with Gasteiger partial charge in [-0.1, -0.05) is 28.1 Å². The summed E-state index contributed by atoms with van der Waals surface area (Å²) in [5.41, 5.74) is 1.17. The molecule has 2 aromatic carbocycles. The van der Waals surface area contributed by atoms with Crippen molar-refractivity contribution in [1.82, 2.24) is 9.29 Å². The van der Waals surface area contributed by atoms with E-state index in [9.17, 15) is 21.6 Å². The second kappa shape index (κ2) is 10.7. The van der Waals surface area contributed by atoms with Gasteiger partial charge in [0.05, 0.1) is 10.6 Å². The minimum absolute atomic E-state index is 0.0506. The molecule has 2 heterocycles. The minimum atomic E-state index is -3.77. The number of benzene rings is 2. The molecular weight excluding hydrogens is 576 g/mol. The Morgan fingerprint density at radius 3 is 2.43 bits per heavy atom. The van der Waals surface area contributed by atoms with Crippen LogP contribution in [0.25, 0.3) is 0 Å². The maximum absolute atomic E-state index is 12.8. The van der Waals surface area contributed by atoms with Crippen LogP contribution in [-0.4, -0.2) is 45.1 Å². The van der Waals surface area contributed by atoms with Gasteiger partial charge in [-0.25, -0.2) is 26.1 Å². The number of anilines is 2. The molecule has 0 bridgehead atoms. The maximum Gasteiger partial charge on any atom is 0.263 e. The predicted molar refractivity (Wildman–Crippen MR) is 139 cm³/mol. The van der Waals surface area contributed by atoms with Crippen LogP contribution < -0.4 is 10.0 Å². The molecule has 1 amide bonds. The van der Waals surface area contributed by atoms with Crippen molar-refractivity contribution in [3.8, 4) is 0 Å². The third-order valence-electron chi connectivity index (χ3n) is 5.54. The average Bonchev–Trinajstić information content (AvgIpc) is 3.31. The molecule has 35 heavy (non-hydrogen) atoms. The van der Waals surface area contributed by atoms with Crippen LogP contribution in [0.15, 0.2) is 69.5 Å². The van der Waals surface area contributed by atoms with Crippen molar-refractivity contribution < 1.29 is 21.6 Å². The highest BCUT2D eigenvalue weighted by molar-refractivity contribution is 9.10. The molecule has 4 rings (SSSR count). The summed E-state index contributed by atoms with van der Waals surface area (Å²) in [5, 5.41) is 4.73. The number of sulfonamides is 2. The van der Waals surface area contributed by atoms with Crippen molar-refractivity contribution in [2.45, 2.75) is 23.5 Å². The van der Waals surface area contributed by atoms with E-state index in [0.29, 0.717) is 24.1 Å². The van der Waals surface area contributed by atoms with Crippen molar-refractivity contribution in [2.24, 2.45) is 5.92 Å². The largest absolute Gasteiger partial charge is 0.326 e. The first-order valence-electron chi connectivity index (χ1n) is 10.7. The summed E-state index contributed by atoms with van der Waals surface area (Å²) >= 11 is 4.53. The number of carbonyl (C=O) groups is 1. The third-order valence-corrected chi connectivity index (χ3v) is 10.1. The number of aromatic nitrogens is 1. The van der Waals surface area contributed by atoms with Crippen molar-refractivity contribution in [1.29, 1.82) is 0 Å². The van der Waals surface area contributed by atoms with Gasteiger partial charge in [-0.05, 0) is 54.8 Å². The Kier molecular flexibility index (Phi) is 7.91. The number of nitrogens with one attached hydrogen (secondary N) is 2. The summed E-state index contributed by atoms with van der Waals surface area (Å²) in [5.74, 6) is -0.636. The van der Waals surface area contributed by atoms with E-state index in [1.807, 2.05) is 6.07 Å². The van der Waals surface area contributed by atoms with Gasteiger partial charge in [0, 0.05) is 40.7 Å². The molecule has 0 atom stereocenters. The summed E-state index contributed by atoms with van der Waals surface area (Å²) in [7, 11) is -7.26. The lowest BCUT2D eigenvalue weighted by Crippen LogP contribution is -2.41. The highest BCUT2D eigenvalue weighted by atomic mass is 79.9. The van der Waals surface area contributed by atoms with Crippen molar-refractivity contribution in [2.75, 3.05) is 23.1 Å². The number of nitrogens with zero attached hydrogens (tertiary/aromatic N) is 2. The standard InChI is InChI=1S/C22H23BrN4O5S3/c23-18-3-1-2-16(14-18)15-34(29,30)27-11-8-17(9-12-27)21(28)25-19-4-6-20(7-5-19)35(31,32)26-22-24-10-13-33-22/h1-7,10,13-14,17H,8-9,11-12,15H2,(H,24,26)(H,25,28). The van der Waals surface area contributed by atoms with E-state index in [2.05, 4.69) is 31.0 Å². The van der Waals surface area contributed by atoms with E-state index in [-0.39, 0.29) is 40.7 Å². The van der Waals surface area contributed by atoms with Gasteiger partial charge in [0.25, 0.3) is 10.0 Å². The van der Waals surface area contributed by atoms with Gasteiger partial charge in [0.2, 0.25) is 15.9 Å². The first kappa shape index (κ1) is 25.8. The third kappa shape index (κ3) is 6.67. The highest BCUT2D eigenvalue weighted by Crippen LogP contribution is 2.25. The zero-order valence-corrected chi connectivity index (χ0v) is 22.5. The number of hydrogen-bond acceptors (Lipinski definition) is 7. The quantitative estimate of drug-likeness (QED) is 0.405. The number of hydrogen-bond donors (Lipinski definition) is 2. The van der Waals surface area contributed by atoms with Crippen LogP contribution in [0.2, 0.25) is 0 Å². The number of carbonyl (C=O) groups excluding carboxylic acids is 1. The smallest absolute Gasteiger partial charge is 0.263 e. The van der Waals surface area contributed by atoms with Crippen LogP contribution in [0.5, 0.6) is 0 Å². The van der Waals surface area contributed by atoms with E-state index in [1.54, 1.807) is 23.6 Å². The summed E-state index contributed by atoms with van der Waals surface area (Å²) in [6, 6.07) is 13.0. The molecule has 3 aromatic rings. The van der Waals surface area contributed by atoms with E-state index in [0.717, 1.165) is 4.47 Å². The molecule has 1 fully saturated rings. The van der Waals surface area contributed by atoms with E-state index < -0.39 is 20.0 Å². The number of piperidine rings is 1. The van der Waals surface area contributed by atoms with E-state index in [1.165, 1.54) is 46.1 Å². The van der Waals surface area contributed by atoms with Gasteiger partial charge in [0.1, 0.15) is 0 Å². The van der Waals surface area contributed by atoms with Gasteiger partial charge >= 0.3 is 0 Å². The van der Waals surface area contributed by atoms with E-state index >= 15 is 0 Å². The van der Waals surface area contributed by atoms with Crippen LogP contribution in [-0.2, 0) is 30.6 Å². The SMILES string of the molecule is O=C(Nc1ccc(S(=O)(=O)Nc2nccs2)cc1)C1CCN(S(=O)(=O)Cc2cccc(Br)c2)CC1. The van der Waals surface area contributed by atoms with Crippen LogP contribution in [0.1, 0.15) is 18.4 Å². The Bertz CT molecular complexity index is 1390. The molecule has 13 heteroatoms. The first-order valence-corrected chi connectivity index (χ1v) is 15.4. The molecule has 0 saturated carbocycles. The molecule has 1 aromatic heterocycles. The summed E-state index contributed by atoms with van der Waals surface area (Å²) in [6.45, 7) is 0.544. The maximum atomic E-state index is 12.8. The predicted octanol–water partition coefficient (Wildman–Crippen LogP) is 3.89. The normalized spacial score (nSPS) is 15.6. The fraction of sp³-hybridized carbons (Fsp3) is 0.273. The van der Waals surface area contributed by atoms with Gasteiger partial charge in [-0.3, -0.25) is 9.52 Å². The number of rotatable bonds is 8. The Morgan fingerprint density at radius 2 is 1.80 bits per heavy atom. The monoisotopic (exact) mass is 598 g/mol. The minimum Gasteiger partial charge on any atom is -0.326 e. The molecule has 0 aliphatic carbocycles.